The first-order valence-electron chi connectivity index (χ1n) is 8.75. The lowest BCUT2D eigenvalue weighted by Gasteiger charge is -2.29. The summed E-state index contributed by atoms with van der Waals surface area (Å²) in [6.07, 6.45) is 3.27. The summed E-state index contributed by atoms with van der Waals surface area (Å²) in [6, 6.07) is 11.0. The van der Waals surface area contributed by atoms with Crippen LogP contribution in [0.3, 0.4) is 0 Å². The summed E-state index contributed by atoms with van der Waals surface area (Å²) in [4.78, 5) is 27.1. The van der Waals surface area contributed by atoms with Crippen LogP contribution in [0, 0.1) is 0 Å². The van der Waals surface area contributed by atoms with Gasteiger partial charge in [0.15, 0.2) is 6.73 Å². The fourth-order valence-electron chi connectivity index (χ4n) is 3.23. The lowest BCUT2D eigenvalue weighted by molar-refractivity contribution is 0.0932. The second kappa shape index (κ2) is 7.02. The van der Waals surface area contributed by atoms with E-state index in [0.29, 0.717) is 28.2 Å². The third-order valence-corrected chi connectivity index (χ3v) is 5.27. The summed E-state index contributed by atoms with van der Waals surface area (Å²) in [5, 5.41) is 3.85. The van der Waals surface area contributed by atoms with Crippen LogP contribution in [0.5, 0.6) is 5.88 Å². The highest BCUT2D eigenvalue weighted by Crippen LogP contribution is 2.37. The van der Waals surface area contributed by atoms with E-state index in [1.807, 2.05) is 24.4 Å². The minimum absolute atomic E-state index is 0.0545. The van der Waals surface area contributed by atoms with Gasteiger partial charge in [0.25, 0.3) is 5.91 Å². The van der Waals surface area contributed by atoms with E-state index >= 15 is 0 Å². The average Bonchev–Trinajstić information content (AvgIpc) is 3.17. The first kappa shape index (κ1) is 17.9. The van der Waals surface area contributed by atoms with Crippen LogP contribution in [0.1, 0.15) is 21.5 Å². The maximum atomic E-state index is 12.9. The van der Waals surface area contributed by atoms with E-state index in [9.17, 15) is 4.79 Å². The summed E-state index contributed by atoms with van der Waals surface area (Å²) in [6.45, 7) is 0.647. The number of rotatable bonds is 3. The Hall–Kier alpha value is -3.16. The standard InChI is InChI=1S/C20H13Cl2N5O2/c21-15-2-1-3-16(22)17(15)27-10-29-18-14(19(27)28)9-24-20(26-18)25-13-5-4-11-7-23-8-12(11)6-13/h1-6,8-9H,7,10H2,(H,24,25,26). The maximum absolute atomic E-state index is 12.9. The summed E-state index contributed by atoms with van der Waals surface area (Å²) in [5.74, 6) is 0.201. The Morgan fingerprint density at radius 2 is 1.97 bits per heavy atom. The molecule has 0 aliphatic carbocycles. The smallest absolute Gasteiger partial charge is 0.268 e. The lowest BCUT2D eigenvalue weighted by Crippen LogP contribution is -2.39. The fourth-order valence-corrected chi connectivity index (χ4v) is 3.84. The number of nitrogens with one attached hydrogen (secondary N) is 1. The second-order valence-corrected chi connectivity index (χ2v) is 7.31. The van der Waals surface area contributed by atoms with Crippen LogP contribution in [0.25, 0.3) is 0 Å². The molecular weight excluding hydrogens is 413 g/mol. The van der Waals surface area contributed by atoms with Crippen molar-refractivity contribution in [1.29, 1.82) is 0 Å². The van der Waals surface area contributed by atoms with Gasteiger partial charge in [0.05, 0.1) is 22.3 Å². The minimum atomic E-state index is -0.332. The van der Waals surface area contributed by atoms with Gasteiger partial charge in [-0.05, 0) is 35.4 Å². The van der Waals surface area contributed by atoms with E-state index in [-0.39, 0.29) is 24.1 Å². The van der Waals surface area contributed by atoms with E-state index in [1.54, 1.807) is 18.2 Å². The molecule has 7 nitrogen and oxygen atoms in total. The quantitative estimate of drug-likeness (QED) is 0.669. The number of aromatic nitrogens is 2. The SMILES string of the molecule is O=C1c2cnc(Nc3ccc4c(c3)C=NC4)nc2OCN1c1c(Cl)cccc1Cl. The van der Waals surface area contributed by atoms with Gasteiger partial charge in [-0.2, -0.15) is 4.98 Å². The molecule has 0 atom stereocenters. The average molecular weight is 426 g/mol. The second-order valence-electron chi connectivity index (χ2n) is 6.50. The number of nitrogens with zero attached hydrogens (tertiary/aromatic N) is 4. The van der Waals surface area contributed by atoms with Crippen LogP contribution in [0.4, 0.5) is 17.3 Å². The highest BCUT2D eigenvalue weighted by molar-refractivity contribution is 6.40. The van der Waals surface area contributed by atoms with Crippen molar-refractivity contribution in [2.24, 2.45) is 4.99 Å². The van der Waals surface area contributed by atoms with Gasteiger partial charge in [-0.3, -0.25) is 14.7 Å². The van der Waals surface area contributed by atoms with Crippen LogP contribution in [0.2, 0.25) is 10.0 Å². The Morgan fingerprint density at radius 1 is 1.14 bits per heavy atom. The van der Waals surface area contributed by atoms with E-state index in [0.717, 1.165) is 11.3 Å². The Kier molecular flexibility index (Phi) is 4.34. The molecule has 2 aromatic carbocycles. The van der Waals surface area contributed by atoms with Crippen molar-refractivity contribution >= 4 is 52.6 Å². The zero-order chi connectivity index (χ0) is 20.0. The van der Waals surface area contributed by atoms with Crippen molar-refractivity contribution in [3.8, 4) is 5.88 Å². The molecule has 0 fully saturated rings. The number of anilines is 3. The number of benzene rings is 2. The monoisotopic (exact) mass is 425 g/mol. The Balaban J connectivity index is 1.42. The molecule has 0 radical (unpaired) electrons. The first-order chi connectivity index (χ1) is 14.1. The predicted molar refractivity (Wildman–Crippen MR) is 112 cm³/mol. The number of aliphatic imine (C=N–C) groups is 1. The van der Waals surface area contributed by atoms with E-state index < -0.39 is 0 Å². The summed E-state index contributed by atoms with van der Waals surface area (Å²) in [5.41, 5.74) is 3.69. The normalized spacial score (nSPS) is 14.4. The van der Waals surface area contributed by atoms with Crippen molar-refractivity contribution < 1.29 is 9.53 Å². The van der Waals surface area contributed by atoms with Gasteiger partial charge in [0.2, 0.25) is 11.8 Å². The number of carbonyl (C=O) groups excluding carboxylic acids is 1. The van der Waals surface area contributed by atoms with E-state index in [4.69, 9.17) is 27.9 Å². The summed E-state index contributed by atoms with van der Waals surface area (Å²) < 4.78 is 5.70. The molecule has 1 amide bonds. The number of hydrogen-bond acceptors (Lipinski definition) is 6. The molecule has 9 heteroatoms. The number of halogens is 2. The third-order valence-electron chi connectivity index (χ3n) is 4.66. The molecule has 5 rings (SSSR count). The number of para-hydroxylation sites is 1. The van der Waals surface area contributed by atoms with Crippen molar-refractivity contribution in [1.82, 2.24) is 9.97 Å². The van der Waals surface area contributed by atoms with Gasteiger partial charge < -0.3 is 10.1 Å². The van der Waals surface area contributed by atoms with Crippen molar-refractivity contribution in [3.05, 3.63) is 69.3 Å². The number of ether oxygens (including phenoxy) is 1. The van der Waals surface area contributed by atoms with Crippen molar-refractivity contribution in [2.45, 2.75) is 6.54 Å². The molecule has 0 saturated heterocycles. The lowest BCUT2D eigenvalue weighted by atomic mass is 10.1. The van der Waals surface area contributed by atoms with E-state index in [1.165, 1.54) is 16.7 Å². The molecule has 3 heterocycles. The number of amides is 1. The Labute approximate surface area is 176 Å². The minimum Gasteiger partial charge on any atom is -0.455 e. The zero-order valence-electron chi connectivity index (χ0n) is 14.9. The fraction of sp³-hybridized carbons (Fsp3) is 0.100. The number of carbonyl (C=O) groups is 1. The van der Waals surface area contributed by atoms with Crippen LogP contribution in [0.15, 0.2) is 47.6 Å². The third kappa shape index (κ3) is 3.18. The topological polar surface area (TPSA) is 79.7 Å². The Bertz CT molecular complexity index is 1160. The molecule has 3 aromatic rings. The molecule has 29 heavy (non-hydrogen) atoms. The maximum Gasteiger partial charge on any atom is 0.268 e. The Morgan fingerprint density at radius 3 is 2.79 bits per heavy atom. The number of hydrogen-bond donors (Lipinski definition) is 1. The van der Waals surface area contributed by atoms with Gasteiger partial charge in [0.1, 0.15) is 5.56 Å². The van der Waals surface area contributed by atoms with E-state index in [2.05, 4.69) is 20.3 Å². The summed E-state index contributed by atoms with van der Waals surface area (Å²) in [7, 11) is 0. The molecule has 0 saturated carbocycles. The van der Waals surface area contributed by atoms with Gasteiger partial charge >= 0.3 is 0 Å². The molecule has 144 valence electrons. The zero-order valence-corrected chi connectivity index (χ0v) is 16.4. The molecule has 0 unspecified atom stereocenters. The molecule has 1 aromatic heterocycles. The van der Waals surface area contributed by atoms with Gasteiger partial charge in [0, 0.05) is 18.1 Å². The number of fused-ring (bicyclic) bond motifs is 2. The molecule has 0 bridgehead atoms. The molecule has 0 spiro atoms. The van der Waals surface area contributed by atoms with Gasteiger partial charge in [-0.15, -0.1) is 0 Å². The largest absolute Gasteiger partial charge is 0.455 e. The van der Waals surface area contributed by atoms with Crippen LogP contribution in [-0.4, -0.2) is 28.8 Å². The summed E-state index contributed by atoms with van der Waals surface area (Å²) >= 11 is 12.5. The first-order valence-corrected chi connectivity index (χ1v) is 9.51. The highest BCUT2D eigenvalue weighted by atomic mass is 35.5. The van der Waals surface area contributed by atoms with Crippen molar-refractivity contribution in [2.75, 3.05) is 16.9 Å². The highest BCUT2D eigenvalue weighted by Gasteiger charge is 2.31. The van der Waals surface area contributed by atoms with Crippen LogP contribution < -0.4 is 15.0 Å². The molecule has 2 aliphatic heterocycles. The predicted octanol–water partition coefficient (Wildman–Crippen LogP) is 4.46. The van der Waals surface area contributed by atoms with Crippen molar-refractivity contribution in [3.63, 3.8) is 0 Å². The molecule has 1 N–H and O–H groups in total. The van der Waals surface area contributed by atoms with Gasteiger partial charge in [-0.25, -0.2) is 4.98 Å². The molecular formula is C20H13Cl2N5O2. The molecule has 2 aliphatic rings. The van der Waals surface area contributed by atoms with Crippen LogP contribution >= 0.6 is 23.2 Å². The van der Waals surface area contributed by atoms with Gasteiger partial charge in [-0.1, -0.05) is 35.3 Å². The van der Waals surface area contributed by atoms with Crippen LogP contribution in [-0.2, 0) is 6.54 Å².